The fourth-order valence-electron chi connectivity index (χ4n) is 2.34. The summed E-state index contributed by atoms with van der Waals surface area (Å²) in [6.07, 6.45) is 4.37. The maximum absolute atomic E-state index is 10.4. The lowest BCUT2D eigenvalue weighted by molar-refractivity contribution is -0.0260. The molecule has 0 aromatic heterocycles. The summed E-state index contributed by atoms with van der Waals surface area (Å²) in [6.45, 7) is 0. The van der Waals surface area contributed by atoms with Crippen LogP contribution in [-0.4, -0.2) is 24.4 Å². The molecule has 0 heterocycles. The molecule has 0 bridgehead atoms. The smallest absolute Gasteiger partial charge is 0.120 e. The first-order chi connectivity index (χ1) is 8.78. The van der Waals surface area contributed by atoms with Gasteiger partial charge in [0, 0.05) is 7.11 Å². The summed E-state index contributed by atoms with van der Waals surface area (Å²) < 4.78 is 11.2. The third-order valence-corrected chi connectivity index (χ3v) is 3.70. The fourth-order valence-corrected chi connectivity index (χ4v) is 2.34. The van der Waals surface area contributed by atoms with Crippen molar-refractivity contribution in [2.75, 3.05) is 7.11 Å². The van der Waals surface area contributed by atoms with Gasteiger partial charge in [-0.15, -0.1) is 0 Å². The second kappa shape index (κ2) is 4.90. The summed E-state index contributed by atoms with van der Waals surface area (Å²) in [5, 5.41) is 10.4. The highest BCUT2D eigenvalue weighted by atomic mass is 16.5. The van der Waals surface area contributed by atoms with Crippen LogP contribution in [0.1, 0.15) is 37.4 Å². The highest BCUT2D eigenvalue weighted by molar-refractivity contribution is 5.31. The van der Waals surface area contributed by atoms with E-state index in [0.717, 1.165) is 37.0 Å². The molecule has 2 unspecified atom stereocenters. The molecule has 2 fully saturated rings. The van der Waals surface area contributed by atoms with Crippen LogP contribution in [0.15, 0.2) is 24.3 Å². The Balaban J connectivity index is 1.72. The predicted molar refractivity (Wildman–Crippen MR) is 68.6 cm³/mol. The van der Waals surface area contributed by atoms with Gasteiger partial charge in [0.25, 0.3) is 0 Å². The van der Waals surface area contributed by atoms with E-state index < -0.39 is 6.10 Å². The molecule has 3 rings (SSSR count). The van der Waals surface area contributed by atoms with Crippen LogP contribution >= 0.6 is 0 Å². The van der Waals surface area contributed by atoms with Crippen LogP contribution in [0.25, 0.3) is 0 Å². The molecule has 0 spiro atoms. The van der Waals surface area contributed by atoms with Gasteiger partial charge < -0.3 is 14.6 Å². The second-order valence-corrected chi connectivity index (χ2v) is 5.37. The van der Waals surface area contributed by atoms with Crippen molar-refractivity contribution in [2.45, 2.75) is 44.0 Å². The molecule has 0 radical (unpaired) electrons. The Morgan fingerprint density at radius 2 is 2.00 bits per heavy atom. The molecule has 18 heavy (non-hydrogen) atoms. The highest BCUT2D eigenvalue weighted by Crippen LogP contribution is 2.40. The van der Waals surface area contributed by atoms with Crippen molar-refractivity contribution >= 4 is 0 Å². The van der Waals surface area contributed by atoms with Crippen LogP contribution in [0.3, 0.4) is 0 Å². The van der Waals surface area contributed by atoms with Gasteiger partial charge in [0.1, 0.15) is 11.9 Å². The first-order valence-electron chi connectivity index (χ1n) is 6.75. The molecule has 1 aromatic rings. The van der Waals surface area contributed by atoms with Gasteiger partial charge in [0.2, 0.25) is 0 Å². The van der Waals surface area contributed by atoms with E-state index in [1.807, 2.05) is 24.3 Å². The molecule has 3 nitrogen and oxygen atoms in total. The van der Waals surface area contributed by atoms with E-state index in [4.69, 9.17) is 9.47 Å². The SMILES string of the molecule is COC(C1CC1)C(O)c1cccc(OC2CC2)c1. The molecule has 0 amide bonds. The van der Waals surface area contributed by atoms with Gasteiger partial charge in [-0.2, -0.15) is 0 Å². The maximum atomic E-state index is 10.4. The first kappa shape index (κ1) is 12.0. The minimum absolute atomic E-state index is 0.0822. The minimum Gasteiger partial charge on any atom is -0.490 e. The van der Waals surface area contributed by atoms with Crippen molar-refractivity contribution < 1.29 is 14.6 Å². The number of aliphatic hydroxyl groups is 1. The van der Waals surface area contributed by atoms with E-state index in [9.17, 15) is 5.11 Å². The lowest BCUT2D eigenvalue weighted by Gasteiger charge is -2.22. The van der Waals surface area contributed by atoms with Crippen LogP contribution in [0, 0.1) is 5.92 Å². The lowest BCUT2D eigenvalue weighted by Crippen LogP contribution is -2.23. The van der Waals surface area contributed by atoms with E-state index in [2.05, 4.69) is 0 Å². The van der Waals surface area contributed by atoms with Gasteiger partial charge in [0.05, 0.1) is 12.2 Å². The topological polar surface area (TPSA) is 38.7 Å². The lowest BCUT2D eigenvalue weighted by atomic mass is 10.0. The average molecular weight is 248 g/mol. The number of methoxy groups -OCH3 is 1. The molecule has 3 heteroatoms. The Labute approximate surface area is 108 Å². The molecular weight excluding hydrogens is 228 g/mol. The Morgan fingerprint density at radius 3 is 2.61 bits per heavy atom. The van der Waals surface area contributed by atoms with E-state index in [1.54, 1.807) is 7.11 Å². The van der Waals surface area contributed by atoms with Crippen LogP contribution in [0.5, 0.6) is 5.75 Å². The number of rotatable bonds is 6. The monoisotopic (exact) mass is 248 g/mol. The van der Waals surface area contributed by atoms with Crippen molar-refractivity contribution in [3.63, 3.8) is 0 Å². The maximum Gasteiger partial charge on any atom is 0.120 e. The zero-order valence-corrected chi connectivity index (χ0v) is 10.7. The summed E-state index contributed by atoms with van der Waals surface area (Å²) in [5.74, 6) is 1.37. The molecule has 1 N–H and O–H groups in total. The van der Waals surface area contributed by atoms with Gasteiger partial charge in [0.15, 0.2) is 0 Å². The van der Waals surface area contributed by atoms with Gasteiger partial charge in [-0.05, 0) is 49.3 Å². The zero-order chi connectivity index (χ0) is 12.5. The summed E-state index contributed by atoms with van der Waals surface area (Å²) in [4.78, 5) is 0. The predicted octanol–water partition coefficient (Wildman–Crippen LogP) is 2.69. The second-order valence-electron chi connectivity index (χ2n) is 5.37. The Morgan fingerprint density at radius 1 is 1.22 bits per heavy atom. The Bertz CT molecular complexity index is 410. The van der Waals surface area contributed by atoms with Crippen LogP contribution in [0.4, 0.5) is 0 Å². The summed E-state index contributed by atoms with van der Waals surface area (Å²) in [6, 6.07) is 7.78. The minimum atomic E-state index is -0.551. The highest BCUT2D eigenvalue weighted by Gasteiger charge is 2.36. The van der Waals surface area contributed by atoms with Crippen molar-refractivity contribution in [3.05, 3.63) is 29.8 Å². The molecular formula is C15H20O3. The largest absolute Gasteiger partial charge is 0.490 e. The molecule has 0 aliphatic heterocycles. The van der Waals surface area contributed by atoms with Gasteiger partial charge >= 0.3 is 0 Å². The number of hydrogen-bond acceptors (Lipinski definition) is 3. The molecule has 2 atom stereocenters. The Hall–Kier alpha value is -1.06. The molecule has 2 saturated carbocycles. The molecule has 2 aliphatic carbocycles. The third-order valence-electron chi connectivity index (χ3n) is 3.70. The van der Waals surface area contributed by atoms with Crippen molar-refractivity contribution in [1.29, 1.82) is 0 Å². The number of hydrogen-bond donors (Lipinski definition) is 1. The van der Waals surface area contributed by atoms with Crippen molar-refractivity contribution in [3.8, 4) is 5.75 Å². The summed E-state index contributed by atoms with van der Waals surface area (Å²) in [7, 11) is 1.68. The normalized spacial score (nSPS) is 22.6. The number of ether oxygens (including phenoxy) is 2. The first-order valence-corrected chi connectivity index (χ1v) is 6.75. The summed E-state index contributed by atoms with van der Waals surface area (Å²) in [5.41, 5.74) is 0.895. The van der Waals surface area contributed by atoms with Crippen molar-refractivity contribution in [2.24, 2.45) is 5.92 Å². The van der Waals surface area contributed by atoms with Gasteiger partial charge in [-0.3, -0.25) is 0 Å². The third kappa shape index (κ3) is 2.68. The van der Waals surface area contributed by atoms with Gasteiger partial charge in [-0.1, -0.05) is 12.1 Å². The molecule has 98 valence electrons. The van der Waals surface area contributed by atoms with E-state index in [-0.39, 0.29) is 6.10 Å². The zero-order valence-electron chi connectivity index (χ0n) is 10.7. The van der Waals surface area contributed by atoms with Crippen LogP contribution in [0.2, 0.25) is 0 Å². The van der Waals surface area contributed by atoms with Crippen LogP contribution in [-0.2, 0) is 4.74 Å². The Kier molecular flexibility index (Phi) is 3.27. The van der Waals surface area contributed by atoms with Crippen molar-refractivity contribution in [1.82, 2.24) is 0 Å². The van der Waals surface area contributed by atoms with Gasteiger partial charge in [-0.25, -0.2) is 0 Å². The quantitative estimate of drug-likeness (QED) is 0.841. The molecule has 2 aliphatic rings. The fraction of sp³-hybridized carbons (Fsp3) is 0.600. The number of aliphatic hydroxyl groups excluding tert-OH is 1. The van der Waals surface area contributed by atoms with E-state index >= 15 is 0 Å². The average Bonchev–Trinajstić information content (AvgIpc) is 3.24. The summed E-state index contributed by atoms with van der Waals surface area (Å²) >= 11 is 0. The standard InChI is InChI=1S/C15H20O3/c1-17-15(10-5-6-10)14(16)11-3-2-4-13(9-11)18-12-7-8-12/h2-4,9-10,12,14-16H,5-8H2,1H3. The van der Waals surface area contributed by atoms with E-state index in [1.165, 1.54) is 0 Å². The van der Waals surface area contributed by atoms with E-state index in [0.29, 0.717) is 12.0 Å². The number of benzene rings is 1. The molecule has 0 saturated heterocycles. The van der Waals surface area contributed by atoms with Crippen LogP contribution < -0.4 is 4.74 Å². The molecule has 1 aromatic carbocycles.